The number of benzene rings is 5. The molecule has 1 aliphatic rings. The third-order valence-corrected chi connectivity index (χ3v) is 9.04. The Balaban J connectivity index is 1.29. The van der Waals surface area contributed by atoms with Gasteiger partial charge in [-0.25, -0.2) is 0 Å². The van der Waals surface area contributed by atoms with Crippen molar-refractivity contribution in [1.29, 1.82) is 0 Å². The number of aromatic nitrogens is 1. The summed E-state index contributed by atoms with van der Waals surface area (Å²) in [4.78, 5) is 0. The molecule has 0 N–H and O–H groups in total. The molecule has 8 rings (SSSR count). The Labute approximate surface area is 239 Å². The van der Waals surface area contributed by atoms with E-state index in [0.29, 0.717) is 0 Å². The molecule has 3 heterocycles. The van der Waals surface area contributed by atoms with Crippen LogP contribution in [0.25, 0.3) is 60.6 Å². The molecular formula is C36H30BNO3. The van der Waals surface area contributed by atoms with Crippen LogP contribution in [0.3, 0.4) is 0 Å². The smallest absolute Gasteiger partial charge is 0.456 e. The molecule has 5 heteroatoms. The summed E-state index contributed by atoms with van der Waals surface area (Å²) in [7, 11) is -0.425. The molecule has 1 fully saturated rings. The van der Waals surface area contributed by atoms with Crippen LogP contribution in [-0.2, 0) is 9.31 Å². The number of nitrogens with zero attached hydrogens (tertiary/aromatic N) is 1. The van der Waals surface area contributed by atoms with Crippen molar-refractivity contribution in [2.24, 2.45) is 0 Å². The van der Waals surface area contributed by atoms with Crippen LogP contribution in [0.5, 0.6) is 0 Å². The van der Waals surface area contributed by atoms with Crippen LogP contribution < -0.4 is 5.46 Å². The lowest BCUT2D eigenvalue weighted by Crippen LogP contribution is -2.41. The molecule has 7 aromatic rings. The summed E-state index contributed by atoms with van der Waals surface area (Å²) in [5.41, 5.74) is 7.70. The summed E-state index contributed by atoms with van der Waals surface area (Å²) in [5, 5.41) is 4.66. The SMILES string of the molecule is CC1(C)OB(c2ccc3c(c2)oc2cc(-c4cccc5c6ccccc6n(-c6ccccc6)c45)ccc23)OC1(C)C. The Morgan fingerprint density at radius 1 is 0.585 bits per heavy atom. The highest BCUT2D eigenvalue weighted by Gasteiger charge is 2.51. The van der Waals surface area contributed by atoms with Gasteiger partial charge in [0.05, 0.1) is 22.2 Å². The number of furan rings is 1. The van der Waals surface area contributed by atoms with Gasteiger partial charge in [0.1, 0.15) is 11.2 Å². The molecule has 0 aliphatic carbocycles. The highest BCUT2D eigenvalue weighted by Crippen LogP contribution is 2.40. The van der Waals surface area contributed by atoms with E-state index < -0.39 is 18.3 Å². The van der Waals surface area contributed by atoms with Crippen LogP contribution in [0.1, 0.15) is 27.7 Å². The molecule has 41 heavy (non-hydrogen) atoms. The van der Waals surface area contributed by atoms with Gasteiger partial charge in [-0.1, -0.05) is 72.8 Å². The predicted octanol–water partition coefficient (Wildman–Crippen LogP) is 8.65. The third kappa shape index (κ3) is 3.63. The second kappa shape index (κ2) is 8.59. The van der Waals surface area contributed by atoms with Gasteiger partial charge in [-0.3, -0.25) is 0 Å². The van der Waals surface area contributed by atoms with Crippen LogP contribution in [-0.4, -0.2) is 22.9 Å². The maximum absolute atomic E-state index is 6.49. The second-order valence-corrected chi connectivity index (χ2v) is 12.0. The molecule has 0 saturated carbocycles. The Morgan fingerprint density at radius 2 is 1.24 bits per heavy atom. The first-order valence-electron chi connectivity index (χ1n) is 14.2. The lowest BCUT2D eigenvalue weighted by molar-refractivity contribution is 0.00578. The first-order valence-corrected chi connectivity index (χ1v) is 14.2. The van der Waals surface area contributed by atoms with Crippen molar-refractivity contribution < 1.29 is 13.7 Å². The number of fused-ring (bicyclic) bond motifs is 6. The molecule has 2 aromatic heterocycles. The molecule has 1 saturated heterocycles. The van der Waals surface area contributed by atoms with Crippen molar-refractivity contribution in [3.63, 3.8) is 0 Å². The van der Waals surface area contributed by atoms with Gasteiger partial charge in [0.25, 0.3) is 0 Å². The first kappa shape index (κ1) is 24.5. The molecule has 0 amide bonds. The second-order valence-electron chi connectivity index (χ2n) is 12.0. The molecular weight excluding hydrogens is 505 g/mol. The van der Waals surface area contributed by atoms with Gasteiger partial charge >= 0.3 is 7.12 Å². The van der Waals surface area contributed by atoms with Gasteiger partial charge in [-0.05, 0) is 75.1 Å². The highest BCUT2D eigenvalue weighted by molar-refractivity contribution is 6.62. The Bertz CT molecular complexity index is 2100. The molecule has 0 unspecified atom stereocenters. The molecule has 4 nitrogen and oxygen atoms in total. The minimum atomic E-state index is -0.425. The Hall–Kier alpha value is -4.32. The fraction of sp³-hybridized carbons (Fsp3) is 0.167. The summed E-state index contributed by atoms with van der Waals surface area (Å²) >= 11 is 0. The molecule has 0 bridgehead atoms. The average Bonchev–Trinajstić information content (AvgIpc) is 3.58. The summed E-state index contributed by atoms with van der Waals surface area (Å²) in [6.45, 7) is 8.30. The fourth-order valence-electron chi connectivity index (χ4n) is 6.18. The van der Waals surface area contributed by atoms with E-state index in [9.17, 15) is 0 Å². The van der Waals surface area contributed by atoms with Crippen molar-refractivity contribution >= 4 is 56.3 Å². The normalized spacial score (nSPS) is 16.4. The lowest BCUT2D eigenvalue weighted by atomic mass is 9.79. The van der Waals surface area contributed by atoms with E-state index in [1.165, 1.54) is 27.4 Å². The van der Waals surface area contributed by atoms with Crippen molar-refractivity contribution in [3.8, 4) is 16.8 Å². The van der Waals surface area contributed by atoms with Crippen LogP contribution >= 0.6 is 0 Å². The zero-order valence-electron chi connectivity index (χ0n) is 23.6. The molecule has 0 spiro atoms. The van der Waals surface area contributed by atoms with Gasteiger partial charge in [0, 0.05) is 32.8 Å². The fourth-order valence-corrected chi connectivity index (χ4v) is 6.18. The highest BCUT2D eigenvalue weighted by atomic mass is 16.7. The predicted molar refractivity (Wildman–Crippen MR) is 169 cm³/mol. The van der Waals surface area contributed by atoms with E-state index in [0.717, 1.165) is 38.7 Å². The monoisotopic (exact) mass is 535 g/mol. The minimum absolute atomic E-state index is 0.390. The number of hydrogen-bond acceptors (Lipinski definition) is 3. The lowest BCUT2D eigenvalue weighted by Gasteiger charge is -2.32. The summed E-state index contributed by atoms with van der Waals surface area (Å²) < 4.78 is 21.5. The summed E-state index contributed by atoms with van der Waals surface area (Å²) in [5.74, 6) is 0. The van der Waals surface area contributed by atoms with Gasteiger partial charge in [0.2, 0.25) is 0 Å². The molecule has 0 atom stereocenters. The topological polar surface area (TPSA) is 36.5 Å². The van der Waals surface area contributed by atoms with Crippen LogP contribution in [0.15, 0.2) is 114 Å². The van der Waals surface area contributed by atoms with E-state index in [-0.39, 0.29) is 0 Å². The first-order chi connectivity index (χ1) is 19.8. The Kier molecular flexibility index (Phi) is 5.13. The average molecular weight is 535 g/mol. The molecule has 1 aliphatic heterocycles. The number of hydrogen-bond donors (Lipinski definition) is 0. The third-order valence-electron chi connectivity index (χ3n) is 9.04. The maximum atomic E-state index is 6.49. The van der Waals surface area contributed by atoms with Crippen LogP contribution in [0.4, 0.5) is 0 Å². The van der Waals surface area contributed by atoms with Gasteiger partial charge in [-0.15, -0.1) is 0 Å². The minimum Gasteiger partial charge on any atom is -0.456 e. The van der Waals surface area contributed by atoms with Gasteiger partial charge in [0.15, 0.2) is 0 Å². The molecule has 0 radical (unpaired) electrons. The Morgan fingerprint density at radius 3 is 2.02 bits per heavy atom. The van der Waals surface area contributed by atoms with Gasteiger partial charge in [-0.2, -0.15) is 0 Å². The van der Waals surface area contributed by atoms with E-state index in [4.69, 9.17) is 13.7 Å². The molecule has 5 aromatic carbocycles. The van der Waals surface area contributed by atoms with Crippen molar-refractivity contribution in [3.05, 3.63) is 109 Å². The van der Waals surface area contributed by atoms with E-state index in [2.05, 4.69) is 141 Å². The van der Waals surface area contributed by atoms with E-state index in [1.54, 1.807) is 0 Å². The summed E-state index contributed by atoms with van der Waals surface area (Å²) in [6, 6.07) is 38.6. The van der Waals surface area contributed by atoms with Gasteiger partial charge < -0.3 is 18.3 Å². The maximum Gasteiger partial charge on any atom is 0.494 e. The largest absolute Gasteiger partial charge is 0.494 e. The molecule has 200 valence electrons. The zero-order chi connectivity index (χ0) is 27.9. The zero-order valence-corrected chi connectivity index (χ0v) is 23.6. The number of para-hydroxylation sites is 3. The van der Waals surface area contributed by atoms with Crippen molar-refractivity contribution in [1.82, 2.24) is 4.57 Å². The van der Waals surface area contributed by atoms with Crippen LogP contribution in [0.2, 0.25) is 0 Å². The standard InChI is InChI=1S/C36H30BNO3/c1-35(2)36(3,4)41-37(40-35)24-18-20-29-28-19-17-23(21-32(28)39-33(29)22-24)26-14-10-15-30-27-13-8-9-16-31(27)38(34(26)30)25-11-6-5-7-12-25/h5-22H,1-4H3. The summed E-state index contributed by atoms with van der Waals surface area (Å²) in [6.07, 6.45) is 0. The van der Waals surface area contributed by atoms with E-state index >= 15 is 0 Å². The van der Waals surface area contributed by atoms with E-state index in [1.807, 2.05) is 0 Å². The van der Waals surface area contributed by atoms with Crippen molar-refractivity contribution in [2.45, 2.75) is 38.9 Å². The van der Waals surface area contributed by atoms with Crippen LogP contribution in [0, 0.1) is 0 Å². The van der Waals surface area contributed by atoms with Crippen molar-refractivity contribution in [2.75, 3.05) is 0 Å². The number of rotatable bonds is 3. The quantitative estimate of drug-likeness (QED) is 0.213.